The first-order valence-electron chi connectivity index (χ1n) is 10.2. The Balaban J connectivity index is 1.39. The molecule has 0 saturated heterocycles. The highest BCUT2D eigenvalue weighted by Gasteiger charge is 2.16. The Kier molecular flexibility index (Phi) is 5.47. The van der Waals surface area contributed by atoms with E-state index in [1.54, 1.807) is 6.33 Å². The SMILES string of the molecule is Cn1cnnc1Sc1ccc(NC(=O)c2cc3ccccc3n2Cc2ccccc2)cc1. The van der Waals surface area contributed by atoms with Crippen LogP contribution in [-0.2, 0) is 13.6 Å². The summed E-state index contributed by atoms with van der Waals surface area (Å²) in [4.78, 5) is 14.2. The van der Waals surface area contributed by atoms with E-state index in [1.165, 1.54) is 11.8 Å². The monoisotopic (exact) mass is 439 g/mol. The second-order valence-corrected chi connectivity index (χ2v) is 8.51. The molecule has 0 bridgehead atoms. The Hall–Kier alpha value is -3.84. The number of aryl methyl sites for hydroxylation is 1. The standard InChI is InChI=1S/C25H21N5OS/c1-29-17-26-28-25(29)32-21-13-11-20(12-14-21)27-24(31)23-15-19-9-5-6-10-22(19)30(23)16-18-7-3-2-4-8-18/h2-15,17H,16H2,1H3,(H,27,31). The average Bonchev–Trinajstić information content (AvgIpc) is 3.39. The van der Waals surface area contributed by atoms with Crippen molar-refractivity contribution in [1.82, 2.24) is 19.3 Å². The van der Waals surface area contributed by atoms with Crippen molar-refractivity contribution in [2.75, 3.05) is 5.32 Å². The van der Waals surface area contributed by atoms with Crippen molar-refractivity contribution >= 4 is 34.3 Å². The molecule has 0 radical (unpaired) electrons. The number of aromatic nitrogens is 4. The topological polar surface area (TPSA) is 64.7 Å². The van der Waals surface area contributed by atoms with Crippen LogP contribution in [0.5, 0.6) is 0 Å². The number of para-hydroxylation sites is 1. The summed E-state index contributed by atoms with van der Waals surface area (Å²) in [5.41, 5.74) is 3.56. The van der Waals surface area contributed by atoms with Gasteiger partial charge < -0.3 is 14.5 Å². The molecule has 0 atom stereocenters. The molecule has 1 amide bonds. The van der Waals surface area contributed by atoms with Gasteiger partial charge in [-0.05, 0) is 53.7 Å². The van der Waals surface area contributed by atoms with Crippen molar-refractivity contribution < 1.29 is 4.79 Å². The summed E-state index contributed by atoms with van der Waals surface area (Å²) in [6, 6.07) is 27.9. The van der Waals surface area contributed by atoms with Crippen LogP contribution < -0.4 is 5.32 Å². The number of hydrogen-bond acceptors (Lipinski definition) is 4. The molecule has 1 N–H and O–H groups in total. The molecule has 5 rings (SSSR count). The van der Waals surface area contributed by atoms with Crippen molar-refractivity contribution in [3.63, 3.8) is 0 Å². The van der Waals surface area contributed by atoms with Gasteiger partial charge in [0.25, 0.3) is 5.91 Å². The number of nitrogens with zero attached hydrogens (tertiary/aromatic N) is 4. The zero-order valence-corrected chi connectivity index (χ0v) is 18.3. The van der Waals surface area contributed by atoms with Crippen LogP contribution in [0.2, 0.25) is 0 Å². The van der Waals surface area contributed by atoms with Crippen molar-refractivity contribution in [1.29, 1.82) is 0 Å². The molecule has 0 aliphatic carbocycles. The highest BCUT2D eigenvalue weighted by molar-refractivity contribution is 7.99. The van der Waals surface area contributed by atoms with Crippen LogP contribution in [0.15, 0.2) is 101 Å². The van der Waals surface area contributed by atoms with E-state index in [1.807, 2.05) is 84.4 Å². The Labute approximate surface area is 189 Å². The minimum Gasteiger partial charge on any atom is -0.332 e. The van der Waals surface area contributed by atoms with E-state index in [9.17, 15) is 4.79 Å². The molecular weight excluding hydrogens is 418 g/mol. The maximum atomic E-state index is 13.2. The van der Waals surface area contributed by atoms with Gasteiger partial charge >= 0.3 is 0 Å². The Morgan fingerprint density at radius 2 is 1.72 bits per heavy atom. The number of nitrogens with one attached hydrogen (secondary N) is 1. The van der Waals surface area contributed by atoms with E-state index < -0.39 is 0 Å². The normalized spacial score (nSPS) is 11.0. The van der Waals surface area contributed by atoms with Crippen molar-refractivity contribution in [2.24, 2.45) is 7.05 Å². The van der Waals surface area contributed by atoms with Gasteiger partial charge in [0.05, 0.1) is 0 Å². The minimum atomic E-state index is -0.133. The number of rotatable bonds is 6. The van der Waals surface area contributed by atoms with Gasteiger partial charge in [0.1, 0.15) is 12.0 Å². The lowest BCUT2D eigenvalue weighted by Crippen LogP contribution is -2.17. The smallest absolute Gasteiger partial charge is 0.272 e. The third-order valence-corrected chi connectivity index (χ3v) is 6.28. The molecule has 6 nitrogen and oxygen atoms in total. The van der Waals surface area contributed by atoms with Crippen LogP contribution in [-0.4, -0.2) is 25.2 Å². The van der Waals surface area contributed by atoms with Crippen LogP contribution in [0, 0.1) is 0 Å². The first-order chi connectivity index (χ1) is 15.7. The summed E-state index contributed by atoms with van der Waals surface area (Å²) in [5.74, 6) is -0.133. The Morgan fingerprint density at radius 3 is 2.47 bits per heavy atom. The first-order valence-corrected chi connectivity index (χ1v) is 11.0. The molecular formula is C25H21N5OS. The molecule has 0 aliphatic heterocycles. The van der Waals surface area contributed by atoms with Crippen LogP contribution in [0.25, 0.3) is 10.9 Å². The number of anilines is 1. The minimum absolute atomic E-state index is 0.133. The first kappa shape index (κ1) is 20.1. The summed E-state index contributed by atoms with van der Waals surface area (Å²) in [6.45, 7) is 0.629. The third-order valence-electron chi connectivity index (χ3n) is 5.22. The molecule has 0 unspecified atom stereocenters. The molecule has 0 aliphatic rings. The molecule has 0 saturated carbocycles. The van der Waals surface area contributed by atoms with E-state index >= 15 is 0 Å². The second kappa shape index (κ2) is 8.72. The Bertz CT molecular complexity index is 1370. The lowest BCUT2D eigenvalue weighted by molar-refractivity contribution is 0.101. The predicted octanol–water partition coefficient (Wildman–Crippen LogP) is 5.22. The fourth-order valence-corrected chi connectivity index (χ4v) is 4.37. The summed E-state index contributed by atoms with van der Waals surface area (Å²) < 4.78 is 3.93. The molecule has 5 aromatic rings. The van der Waals surface area contributed by atoms with E-state index in [-0.39, 0.29) is 5.91 Å². The quantitative estimate of drug-likeness (QED) is 0.394. The fourth-order valence-electron chi connectivity index (χ4n) is 3.61. The fraction of sp³-hybridized carbons (Fsp3) is 0.0800. The maximum Gasteiger partial charge on any atom is 0.272 e. The lowest BCUT2D eigenvalue weighted by atomic mass is 10.2. The molecule has 32 heavy (non-hydrogen) atoms. The summed E-state index contributed by atoms with van der Waals surface area (Å²) in [6.07, 6.45) is 1.67. The number of hydrogen-bond donors (Lipinski definition) is 1. The predicted molar refractivity (Wildman–Crippen MR) is 127 cm³/mol. The van der Waals surface area contributed by atoms with Crippen LogP contribution in [0.4, 0.5) is 5.69 Å². The molecule has 7 heteroatoms. The second-order valence-electron chi connectivity index (χ2n) is 7.47. The van der Waals surface area contributed by atoms with E-state index in [2.05, 4.69) is 32.2 Å². The highest BCUT2D eigenvalue weighted by Crippen LogP contribution is 2.27. The van der Waals surface area contributed by atoms with E-state index in [4.69, 9.17) is 0 Å². The number of fused-ring (bicyclic) bond motifs is 1. The third kappa shape index (κ3) is 4.15. The molecule has 2 heterocycles. The highest BCUT2D eigenvalue weighted by atomic mass is 32.2. The van der Waals surface area contributed by atoms with E-state index in [0.717, 1.165) is 32.2 Å². The maximum absolute atomic E-state index is 13.2. The summed E-state index contributed by atoms with van der Waals surface area (Å²) >= 11 is 1.52. The average molecular weight is 440 g/mol. The van der Waals surface area contributed by atoms with Gasteiger partial charge in [0.2, 0.25) is 0 Å². The van der Waals surface area contributed by atoms with E-state index in [0.29, 0.717) is 12.2 Å². The molecule has 0 fully saturated rings. The molecule has 3 aromatic carbocycles. The van der Waals surface area contributed by atoms with Gasteiger partial charge in [-0.25, -0.2) is 0 Å². The van der Waals surface area contributed by atoms with Crippen molar-refractivity contribution in [3.05, 3.63) is 103 Å². The largest absolute Gasteiger partial charge is 0.332 e. The zero-order chi connectivity index (χ0) is 21.9. The van der Waals surface area contributed by atoms with Gasteiger partial charge in [-0.1, -0.05) is 48.5 Å². The van der Waals surface area contributed by atoms with Gasteiger partial charge in [-0.3, -0.25) is 4.79 Å². The molecule has 0 spiro atoms. The molecule has 158 valence electrons. The number of benzene rings is 3. The zero-order valence-electron chi connectivity index (χ0n) is 17.5. The van der Waals surface area contributed by atoms with Gasteiger partial charge in [-0.15, -0.1) is 10.2 Å². The molecule has 2 aromatic heterocycles. The Morgan fingerprint density at radius 1 is 0.969 bits per heavy atom. The van der Waals surface area contributed by atoms with Crippen LogP contribution in [0.3, 0.4) is 0 Å². The van der Waals surface area contributed by atoms with Gasteiger partial charge in [0, 0.05) is 35.1 Å². The lowest BCUT2D eigenvalue weighted by Gasteiger charge is -2.12. The summed E-state index contributed by atoms with van der Waals surface area (Å²) in [7, 11) is 1.91. The van der Waals surface area contributed by atoms with Crippen LogP contribution >= 0.6 is 11.8 Å². The van der Waals surface area contributed by atoms with Gasteiger partial charge in [0.15, 0.2) is 5.16 Å². The number of carbonyl (C=O) groups is 1. The van der Waals surface area contributed by atoms with Crippen LogP contribution in [0.1, 0.15) is 16.1 Å². The van der Waals surface area contributed by atoms with Crippen molar-refractivity contribution in [3.8, 4) is 0 Å². The summed E-state index contributed by atoms with van der Waals surface area (Å²) in [5, 5.41) is 12.9. The van der Waals surface area contributed by atoms with Gasteiger partial charge in [-0.2, -0.15) is 0 Å². The number of carbonyl (C=O) groups excluding carboxylic acids is 1. The number of amides is 1. The van der Waals surface area contributed by atoms with Crippen molar-refractivity contribution in [2.45, 2.75) is 16.6 Å².